The topological polar surface area (TPSA) is 58.1 Å². The summed E-state index contributed by atoms with van der Waals surface area (Å²) < 4.78 is 0.981. The molecule has 0 aliphatic rings. The molecule has 0 saturated carbocycles. The van der Waals surface area contributed by atoms with Crippen LogP contribution in [0, 0.1) is 0 Å². The minimum absolute atomic E-state index is 0.0170. The Bertz CT molecular complexity index is 508. The minimum atomic E-state index is 0.0170. The van der Waals surface area contributed by atoms with Crippen LogP contribution in [0.5, 0.6) is 0 Å². The Morgan fingerprint density at radius 1 is 1.50 bits per heavy atom. The van der Waals surface area contributed by atoms with Crippen molar-refractivity contribution in [1.29, 1.82) is 0 Å². The SMILES string of the molecule is CN(C)C(=O)CNc1ncnc2ccsc12. The summed E-state index contributed by atoms with van der Waals surface area (Å²) >= 11 is 1.56. The molecule has 0 unspecified atom stereocenters. The summed E-state index contributed by atoms with van der Waals surface area (Å²) in [7, 11) is 3.45. The van der Waals surface area contributed by atoms with Crippen molar-refractivity contribution in [1.82, 2.24) is 14.9 Å². The maximum absolute atomic E-state index is 11.4. The van der Waals surface area contributed by atoms with Crippen LogP contribution in [-0.4, -0.2) is 41.4 Å². The summed E-state index contributed by atoms with van der Waals surface area (Å²) in [5, 5.41) is 4.98. The van der Waals surface area contributed by atoms with E-state index in [2.05, 4.69) is 15.3 Å². The molecule has 0 saturated heterocycles. The summed E-state index contributed by atoms with van der Waals surface area (Å²) in [6, 6.07) is 1.93. The lowest BCUT2D eigenvalue weighted by molar-refractivity contribution is -0.126. The molecular formula is C10H12N4OS. The van der Waals surface area contributed by atoms with E-state index in [1.165, 1.54) is 6.33 Å². The first kappa shape index (κ1) is 10.8. The van der Waals surface area contributed by atoms with Crippen LogP contribution in [0.3, 0.4) is 0 Å². The molecule has 2 aromatic rings. The fourth-order valence-corrected chi connectivity index (χ4v) is 2.04. The monoisotopic (exact) mass is 236 g/mol. The van der Waals surface area contributed by atoms with E-state index in [-0.39, 0.29) is 12.5 Å². The molecular weight excluding hydrogens is 224 g/mol. The van der Waals surface area contributed by atoms with E-state index in [0.717, 1.165) is 16.0 Å². The van der Waals surface area contributed by atoms with Gasteiger partial charge >= 0.3 is 0 Å². The zero-order valence-corrected chi connectivity index (χ0v) is 9.91. The van der Waals surface area contributed by atoms with Crippen LogP contribution in [0.1, 0.15) is 0 Å². The molecule has 1 amide bonds. The molecule has 0 radical (unpaired) electrons. The Labute approximate surface area is 97.1 Å². The van der Waals surface area contributed by atoms with E-state index >= 15 is 0 Å². The molecule has 84 valence electrons. The number of nitrogens with one attached hydrogen (secondary N) is 1. The van der Waals surface area contributed by atoms with Crippen molar-refractivity contribution in [2.75, 3.05) is 26.0 Å². The molecule has 2 heterocycles. The summed E-state index contributed by atoms with van der Waals surface area (Å²) in [5.41, 5.74) is 0.903. The number of aromatic nitrogens is 2. The Morgan fingerprint density at radius 2 is 2.31 bits per heavy atom. The third-order valence-corrected chi connectivity index (χ3v) is 3.06. The van der Waals surface area contributed by atoms with Gasteiger partial charge < -0.3 is 10.2 Å². The molecule has 0 spiro atoms. The van der Waals surface area contributed by atoms with Crippen molar-refractivity contribution in [3.05, 3.63) is 17.8 Å². The number of hydrogen-bond acceptors (Lipinski definition) is 5. The first-order valence-electron chi connectivity index (χ1n) is 4.80. The first-order chi connectivity index (χ1) is 7.68. The molecule has 0 atom stereocenters. The molecule has 0 fully saturated rings. The van der Waals surface area contributed by atoms with Gasteiger partial charge in [0.1, 0.15) is 12.1 Å². The molecule has 2 aromatic heterocycles. The highest BCUT2D eigenvalue weighted by Gasteiger charge is 2.07. The van der Waals surface area contributed by atoms with Crippen molar-refractivity contribution in [3.63, 3.8) is 0 Å². The second-order valence-corrected chi connectivity index (χ2v) is 4.42. The maximum Gasteiger partial charge on any atom is 0.241 e. The number of fused-ring (bicyclic) bond motifs is 1. The van der Waals surface area contributed by atoms with E-state index in [0.29, 0.717) is 0 Å². The van der Waals surface area contributed by atoms with E-state index in [4.69, 9.17) is 0 Å². The van der Waals surface area contributed by atoms with Gasteiger partial charge in [0.15, 0.2) is 0 Å². The number of amides is 1. The normalized spacial score (nSPS) is 10.4. The highest BCUT2D eigenvalue weighted by Crippen LogP contribution is 2.24. The number of nitrogens with zero attached hydrogens (tertiary/aromatic N) is 3. The van der Waals surface area contributed by atoms with E-state index < -0.39 is 0 Å². The van der Waals surface area contributed by atoms with Gasteiger partial charge in [0.25, 0.3) is 0 Å². The molecule has 6 heteroatoms. The van der Waals surface area contributed by atoms with Gasteiger partial charge in [0.05, 0.1) is 16.8 Å². The second kappa shape index (κ2) is 4.44. The van der Waals surface area contributed by atoms with Crippen molar-refractivity contribution in [2.24, 2.45) is 0 Å². The molecule has 16 heavy (non-hydrogen) atoms. The summed E-state index contributed by atoms with van der Waals surface area (Å²) in [6.07, 6.45) is 1.50. The van der Waals surface area contributed by atoms with Crippen LogP contribution in [0.15, 0.2) is 17.8 Å². The van der Waals surface area contributed by atoms with Gasteiger partial charge in [-0.25, -0.2) is 9.97 Å². The van der Waals surface area contributed by atoms with Gasteiger partial charge in [-0.2, -0.15) is 0 Å². The lowest BCUT2D eigenvalue weighted by Crippen LogP contribution is -2.28. The molecule has 5 nitrogen and oxygen atoms in total. The van der Waals surface area contributed by atoms with Gasteiger partial charge in [-0.1, -0.05) is 0 Å². The summed E-state index contributed by atoms with van der Waals surface area (Å²) in [6.45, 7) is 0.247. The Morgan fingerprint density at radius 3 is 3.06 bits per heavy atom. The molecule has 0 aliphatic heterocycles. The van der Waals surface area contributed by atoms with Gasteiger partial charge in [0, 0.05) is 14.1 Å². The second-order valence-electron chi connectivity index (χ2n) is 3.50. The van der Waals surface area contributed by atoms with E-state index in [1.807, 2.05) is 11.4 Å². The number of carbonyl (C=O) groups excluding carboxylic acids is 1. The van der Waals surface area contributed by atoms with Crippen LogP contribution < -0.4 is 5.32 Å². The lowest BCUT2D eigenvalue weighted by atomic mass is 10.4. The molecule has 1 N–H and O–H groups in total. The van der Waals surface area contributed by atoms with Crippen LogP contribution in [-0.2, 0) is 4.79 Å². The zero-order valence-electron chi connectivity index (χ0n) is 9.10. The Kier molecular flexibility index (Phi) is 3.00. The number of carbonyl (C=O) groups is 1. The summed E-state index contributed by atoms with van der Waals surface area (Å²) in [4.78, 5) is 21.2. The highest BCUT2D eigenvalue weighted by molar-refractivity contribution is 7.17. The van der Waals surface area contributed by atoms with Crippen molar-refractivity contribution >= 4 is 33.3 Å². The van der Waals surface area contributed by atoms with E-state index in [1.54, 1.807) is 30.3 Å². The summed E-state index contributed by atoms with van der Waals surface area (Å²) in [5.74, 6) is 0.735. The Balaban J connectivity index is 2.15. The van der Waals surface area contributed by atoms with Gasteiger partial charge in [-0.3, -0.25) is 4.79 Å². The largest absolute Gasteiger partial charge is 0.360 e. The van der Waals surface area contributed by atoms with Crippen molar-refractivity contribution in [3.8, 4) is 0 Å². The fourth-order valence-electron chi connectivity index (χ4n) is 1.23. The number of likely N-dealkylation sites (N-methyl/N-ethyl adjacent to an activating group) is 1. The van der Waals surface area contributed by atoms with Crippen molar-refractivity contribution < 1.29 is 4.79 Å². The molecule has 0 bridgehead atoms. The minimum Gasteiger partial charge on any atom is -0.360 e. The predicted molar refractivity (Wildman–Crippen MR) is 64.6 cm³/mol. The molecule has 0 aromatic carbocycles. The maximum atomic E-state index is 11.4. The van der Waals surface area contributed by atoms with Crippen LogP contribution in [0.2, 0.25) is 0 Å². The van der Waals surface area contributed by atoms with Gasteiger partial charge in [0.2, 0.25) is 5.91 Å². The average Bonchev–Trinajstić information content (AvgIpc) is 2.73. The zero-order chi connectivity index (χ0) is 11.5. The standard InChI is InChI=1S/C10H12N4OS/c1-14(2)8(15)5-11-10-9-7(3-4-16-9)12-6-13-10/h3-4,6H,5H2,1-2H3,(H,11,12,13). The third kappa shape index (κ3) is 2.11. The lowest BCUT2D eigenvalue weighted by Gasteiger charge is -2.11. The van der Waals surface area contributed by atoms with E-state index in [9.17, 15) is 4.79 Å². The highest BCUT2D eigenvalue weighted by atomic mass is 32.1. The quantitative estimate of drug-likeness (QED) is 0.869. The number of hydrogen-bond donors (Lipinski definition) is 1. The number of rotatable bonds is 3. The van der Waals surface area contributed by atoms with Crippen LogP contribution >= 0.6 is 11.3 Å². The van der Waals surface area contributed by atoms with Crippen LogP contribution in [0.25, 0.3) is 10.2 Å². The smallest absolute Gasteiger partial charge is 0.241 e. The Hall–Kier alpha value is -1.69. The fraction of sp³-hybridized carbons (Fsp3) is 0.300. The molecule has 0 aliphatic carbocycles. The predicted octanol–water partition coefficient (Wildman–Crippen LogP) is 1.19. The number of anilines is 1. The third-order valence-electron chi connectivity index (χ3n) is 2.15. The van der Waals surface area contributed by atoms with Crippen LogP contribution in [0.4, 0.5) is 5.82 Å². The first-order valence-corrected chi connectivity index (χ1v) is 5.68. The van der Waals surface area contributed by atoms with Crippen molar-refractivity contribution in [2.45, 2.75) is 0 Å². The average molecular weight is 236 g/mol. The molecule has 2 rings (SSSR count). The number of thiophene rings is 1. The van der Waals surface area contributed by atoms with Gasteiger partial charge in [-0.05, 0) is 11.4 Å². The van der Waals surface area contributed by atoms with Gasteiger partial charge in [-0.15, -0.1) is 11.3 Å².